The minimum absolute atomic E-state index is 0.0332. The summed E-state index contributed by atoms with van der Waals surface area (Å²) in [6.07, 6.45) is 5.50. The molecule has 1 aliphatic heterocycles. The van der Waals surface area contributed by atoms with Gasteiger partial charge in [-0.2, -0.15) is 0 Å². The zero-order chi connectivity index (χ0) is 19.7. The van der Waals surface area contributed by atoms with Crippen LogP contribution in [0, 0.1) is 11.7 Å². The molecule has 2 atom stereocenters. The standard InChI is InChI=1S/C21H32ClFN2O2/c1-3-8-19(26)25-21(12-4-5-14-27-2,16-9-7-13-24-15-16)17-10-6-11-18(22)20(17)23/h6,10-11,16,24H,3-5,7-9,12-15H2,1-2H3,(H,25,26)/t16?,21-/m0/s1. The predicted molar refractivity (Wildman–Crippen MR) is 107 cm³/mol. The van der Waals surface area contributed by atoms with Crippen LogP contribution in [0.2, 0.25) is 5.02 Å². The maximum Gasteiger partial charge on any atom is 0.220 e. The Labute approximate surface area is 167 Å². The van der Waals surface area contributed by atoms with E-state index in [0.717, 1.165) is 45.2 Å². The molecule has 0 saturated carbocycles. The molecule has 6 heteroatoms. The molecule has 2 N–H and O–H groups in total. The van der Waals surface area contributed by atoms with E-state index in [4.69, 9.17) is 16.3 Å². The molecule has 1 aliphatic rings. The molecule has 0 aliphatic carbocycles. The quantitative estimate of drug-likeness (QED) is 0.574. The highest BCUT2D eigenvalue weighted by molar-refractivity contribution is 6.30. The van der Waals surface area contributed by atoms with Crippen molar-refractivity contribution < 1.29 is 13.9 Å². The van der Waals surface area contributed by atoms with Gasteiger partial charge in [0.1, 0.15) is 5.82 Å². The molecule has 1 unspecified atom stereocenters. The van der Waals surface area contributed by atoms with Crippen molar-refractivity contribution >= 4 is 17.5 Å². The molecule has 1 fully saturated rings. The Balaban J connectivity index is 2.45. The zero-order valence-corrected chi connectivity index (χ0v) is 17.2. The predicted octanol–water partition coefficient (Wildman–Crippen LogP) is 4.41. The first-order valence-electron chi connectivity index (χ1n) is 10.00. The van der Waals surface area contributed by atoms with E-state index in [-0.39, 0.29) is 16.8 Å². The number of amides is 1. The molecule has 4 nitrogen and oxygen atoms in total. The Morgan fingerprint density at radius 2 is 2.26 bits per heavy atom. The summed E-state index contributed by atoms with van der Waals surface area (Å²) in [5.74, 6) is -0.343. The highest BCUT2D eigenvalue weighted by atomic mass is 35.5. The van der Waals surface area contributed by atoms with Gasteiger partial charge in [0.05, 0.1) is 10.6 Å². The van der Waals surface area contributed by atoms with Crippen LogP contribution in [-0.2, 0) is 15.1 Å². The third-order valence-corrected chi connectivity index (χ3v) is 5.73. The van der Waals surface area contributed by atoms with Crippen molar-refractivity contribution in [3.8, 4) is 0 Å². The van der Waals surface area contributed by atoms with Crippen molar-refractivity contribution in [2.75, 3.05) is 26.8 Å². The number of carbonyl (C=O) groups is 1. The molecular formula is C21H32ClFN2O2. The molecule has 1 heterocycles. The van der Waals surface area contributed by atoms with Crippen molar-refractivity contribution in [1.82, 2.24) is 10.6 Å². The highest BCUT2D eigenvalue weighted by Crippen LogP contribution is 2.41. The van der Waals surface area contributed by atoms with E-state index in [2.05, 4.69) is 10.6 Å². The smallest absolute Gasteiger partial charge is 0.220 e. The lowest BCUT2D eigenvalue weighted by molar-refractivity contribution is -0.124. The zero-order valence-electron chi connectivity index (χ0n) is 16.5. The summed E-state index contributed by atoms with van der Waals surface area (Å²) in [5.41, 5.74) is -0.256. The Morgan fingerprint density at radius 1 is 1.44 bits per heavy atom. The number of unbranched alkanes of at least 4 members (excludes halogenated alkanes) is 1. The van der Waals surface area contributed by atoms with E-state index >= 15 is 4.39 Å². The number of hydrogen-bond acceptors (Lipinski definition) is 3. The van der Waals surface area contributed by atoms with Crippen LogP contribution in [-0.4, -0.2) is 32.7 Å². The van der Waals surface area contributed by atoms with Crippen molar-refractivity contribution in [1.29, 1.82) is 0 Å². The number of hydrogen-bond donors (Lipinski definition) is 2. The topological polar surface area (TPSA) is 50.4 Å². The first-order valence-corrected chi connectivity index (χ1v) is 10.4. The lowest BCUT2D eigenvalue weighted by Crippen LogP contribution is -2.55. The van der Waals surface area contributed by atoms with Gasteiger partial charge in [-0.3, -0.25) is 4.79 Å². The van der Waals surface area contributed by atoms with E-state index in [1.165, 1.54) is 0 Å². The number of benzene rings is 1. The van der Waals surface area contributed by atoms with Gasteiger partial charge in [-0.15, -0.1) is 0 Å². The lowest BCUT2D eigenvalue weighted by atomic mass is 9.71. The van der Waals surface area contributed by atoms with E-state index in [1.54, 1.807) is 25.3 Å². The van der Waals surface area contributed by atoms with Crippen molar-refractivity contribution in [2.45, 2.75) is 57.4 Å². The van der Waals surface area contributed by atoms with Crippen LogP contribution in [0.5, 0.6) is 0 Å². The molecule has 2 rings (SSSR count). The van der Waals surface area contributed by atoms with Crippen LogP contribution in [0.15, 0.2) is 18.2 Å². The second-order valence-electron chi connectivity index (χ2n) is 7.36. The number of ether oxygens (including phenoxy) is 1. The summed E-state index contributed by atoms with van der Waals surface area (Å²) in [5, 5.41) is 6.76. The molecule has 152 valence electrons. The number of methoxy groups -OCH3 is 1. The summed E-state index contributed by atoms with van der Waals surface area (Å²) in [4.78, 5) is 12.6. The monoisotopic (exact) mass is 398 g/mol. The number of piperidine rings is 1. The van der Waals surface area contributed by atoms with Crippen molar-refractivity contribution in [2.24, 2.45) is 5.92 Å². The molecule has 0 radical (unpaired) electrons. The molecular weight excluding hydrogens is 367 g/mol. The van der Waals surface area contributed by atoms with Crippen molar-refractivity contribution in [3.05, 3.63) is 34.6 Å². The van der Waals surface area contributed by atoms with Crippen LogP contribution in [0.3, 0.4) is 0 Å². The summed E-state index contributed by atoms with van der Waals surface area (Å²) in [7, 11) is 1.68. The summed E-state index contributed by atoms with van der Waals surface area (Å²) in [6, 6.07) is 5.11. The molecule has 0 aromatic heterocycles. The molecule has 1 aromatic rings. The van der Waals surface area contributed by atoms with Crippen LogP contribution in [0.1, 0.15) is 57.4 Å². The van der Waals surface area contributed by atoms with Crippen LogP contribution in [0.4, 0.5) is 4.39 Å². The SMILES string of the molecule is CCCC(=O)N[C@](CCCCOC)(c1cccc(Cl)c1F)C1CCCNC1. The minimum Gasteiger partial charge on any atom is -0.385 e. The lowest BCUT2D eigenvalue weighted by Gasteiger charge is -2.44. The number of rotatable bonds is 10. The number of nitrogens with one attached hydrogen (secondary N) is 2. The van der Waals surface area contributed by atoms with Gasteiger partial charge < -0.3 is 15.4 Å². The Morgan fingerprint density at radius 3 is 2.93 bits per heavy atom. The molecule has 27 heavy (non-hydrogen) atoms. The Kier molecular flexibility index (Phi) is 9.00. The normalized spacial score (nSPS) is 19.5. The summed E-state index contributed by atoms with van der Waals surface area (Å²) < 4.78 is 20.3. The van der Waals surface area contributed by atoms with Gasteiger partial charge in [-0.1, -0.05) is 30.7 Å². The van der Waals surface area contributed by atoms with E-state index in [0.29, 0.717) is 25.0 Å². The van der Waals surface area contributed by atoms with Crippen LogP contribution < -0.4 is 10.6 Å². The third-order valence-electron chi connectivity index (χ3n) is 5.44. The van der Waals surface area contributed by atoms with Gasteiger partial charge in [-0.05, 0) is 57.1 Å². The largest absolute Gasteiger partial charge is 0.385 e. The average Bonchev–Trinajstić information content (AvgIpc) is 2.67. The van der Waals surface area contributed by atoms with Gasteiger partial charge in [-0.25, -0.2) is 4.39 Å². The highest BCUT2D eigenvalue weighted by Gasteiger charge is 2.43. The fourth-order valence-corrected chi connectivity index (χ4v) is 4.27. The van der Waals surface area contributed by atoms with Gasteiger partial charge in [0.25, 0.3) is 0 Å². The molecule has 1 aromatic carbocycles. The number of carbonyl (C=O) groups excluding carboxylic acids is 1. The number of halogens is 2. The van der Waals surface area contributed by atoms with Gasteiger partial charge in [0.2, 0.25) is 5.91 Å². The maximum absolute atomic E-state index is 15.1. The first kappa shape index (κ1) is 22.1. The van der Waals surface area contributed by atoms with Crippen molar-refractivity contribution in [3.63, 3.8) is 0 Å². The fraction of sp³-hybridized carbons (Fsp3) is 0.667. The summed E-state index contributed by atoms with van der Waals surface area (Å²) in [6.45, 7) is 4.34. The van der Waals surface area contributed by atoms with E-state index < -0.39 is 11.4 Å². The molecule has 0 spiro atoms. The Bertz CT molecular complexity index is 608. The fourth-order valence-electron chi connectivity index (χ4n) is 4.10. The van der Waals surface area contributed by atoms with E-state index in [9.17, 15) is 4.79 Å². The Hall–Kier alpha value is -1.17. The molecule has 1 saturated heterocycles. The minimum atomic E-state index is -0.762. The second-order valence-corrected chi connectivity index (χ2v) is 7.77. The van der Waals surface area contributed by atoms with Crippen LogP contribution >= 0.6 is 11.6 Å². The van der Waals surface area contributed by atoms with E-state index in [1.807, 2.05) is 6.92 Å². The third kappa shape index (κ3) is 5.66. The van der Waals surface area contributed by atoms with Crippen LogP contribution in [0.25, 0.3) is 0 Å². The first-order chi connectivity index (χ1) is 13.0. The molecule has 1 amide bonds. The van der Waals surface area contributed by atoms with Gasteiger partial charge >= 0.3 is 0 Å². The maximum atomic E-state index is 15.1. The average molecular weight is 399 g/mol. The molecule has 0 bridgehead atoms. The van der Waals surface area contributed by atoms with Gasteiger partial charge in [0.15, 0.2) is 0 Å². The van der Waals surface area contributed by atoms with Gasteiger partial charge in [0, 0.05) is 32.2 Å². The second kappa shape index (κ2) is 11.0. The summed E-state index contributed by atoms with van der Waals surface area (Å²) >= 11 is 6.12.